The molecule has 0 spiro atoms. The smallest absolute Gasteiger partial charge is 0.332 e. The van der Waals surface area contributed by atoms with Gasteiger partial charge in [0.15, 0.2) is 15.9 Å². The van der Waals surface area contributed by atoms with Crippen LogP contribution in [0.15, 0.2) is 14.3 Å². The van der Waals surface area contributed by atoms with Crippen LogP contribution in [0.25, 0.3) is 11.2 Å². The van der Waals surface area contributed by atoms with E-state index in [1.807, 2.05) is 0 Å². The molecule has 2 fully saturated rings. The van der Waals surface area contributed by atoms with Crippen LogP contribution in [0.2, 0.25) is 0 Å². The fourth-order valence-corrected chi connectivity index (χ4v) is 5.39. The monoisotopic (exact) mass is 496 g/mol. The molecule has 1 amide bonds. The summed E-state index contributed by atoms with van der Waals surface area (Å²) in [5.41, 5.74) is -0.488. The topological polar surface area (TPSA) is 103 Å². The number of hydrogen-bond donors (Lipinski definition) is 1. The van der Waals surface area contributed by atoms with Crippen LogP contribution in [0.1, 0.15) is 32.1 Å². The number of morpholine rings is 1. The van der Waals surface area contributed by atoms with E-state index in [-0.39, 0.29) is 23.5 Å². The Balaban J connectivity index is 1.55. The largest absolute Gasteiger partial charge is 0.379 e. The van der Waals surface area contributed by atoms with Gasteiger partial charge in [-0.05, 0) is 28.8 Å². The Labute approximate surface area is 188 Å². The molecule has 0 bridgehead atoms. The van der Waals surface area contributed by atoms with E-state index in [0.29, 0.717) is 16.9 Å². The highest BCUT2D eigenvalue weighted by Crippen LogP contribution is 2.33. The number of halogens is 1. The third-order valence-electron chi connectivity index (χ3n) is 6.68. The average Bonchev–Trinajstić information content (AvgIpc) is 3.12. The molecule has 2 aliphatic rings. The molecule has 0 radical (unpaired) electrons. The first-order valence-corrected chi connectivity index (χ1v) is 11.5. The maximum absolute atomic E-state index is 12.9. The van der Waals surface area contributed by atoms with Crippen molar-refractivity contribution in [3.63, 3.8) is 0 Å². The zero-order chi connectivity index (χ0) is 22.2. The molecule has 31 heavy (non-hydrogen) atoms. The second-order valence-corrected chi connectivity index (χ2v) is 9.22. The Morgan fingerprint density at radius 2 is 1.81 bits per heavy atom. The Morgan fingerprint density at radius 3 is 2.48 bits per heavy atom. The van der Waals surface area contributed by atoms with E-state index >= 15 is 0 Å². The van der Waals surface area contributed by atoms with Gasteiger partial charge in [0, 0.05) is 39.3 Å². The number of rotatable bonds is 5. The molecule has 10 nitrogen and oxygen atoms in total. The number of carbonyl (C=O) groups is 1. The van der Waals surface area contributed by atoms with E-state index < -0.39 is 11.2 Å². The lowest BCUT2D eigenvalue weighted by atomic mass is 9.79. The molecule has 1 saturated heterocycles. The van der Waals surface area contributed by atoms with Crippen molar-refractivity contribution < 1.29 is 9.53 Å². The number of amides is 1. The second-order valence-electron chi connectivity index (χ2n) is 8.51. The van der Waals surface area contributed by atoms with Gasteiger partial charge in [-0.1, -0.05) is 19.3 Å². The molecule has 1 saturated carbocycles. The first-order chi connectivity index (χ1) is 14.8. The van der Waals surface area contributed by atoms with Crippen LogP contribution in [-0.4, -0.2) is 67.9 Å². The zero-order valence-corrected chi connectivity index (χ0v) is 19.6. The van der Waals surface area contributed by atoms with Crippen LogP contribution in [0.4, 0.5) is 0 Å². The van der Waals surface area contributed by atoms with Crippen molar-refractivity contribution in [1.82, 2.24) is 28.9 Å². The Bertz CT molecular complexity index is 1090. The number of nitrogens with one attached hydrogen (secondary N) is 1. The van der Waals surface area contributed by atoms with Crippen LogP contribution < -0.4 is 16.6 Å². The standard InChI is InChI=1S/C20H29BrN6O4/c1-24-16-15(17(29)25(2)19(24)30)23-18(21)27(16)12-14(28)22-13-20(6-4-3-5-7-20)26-8-10-31-11-9-26/h3-13H2,1-2H3,(H,22,28). The van der Waals surface area contributed by atoms with Crippen LogP contribution in [0, 0.1) is 0 Å². The van der Waals surface area contributed by atoms with Crippen molar-refractivity contribution in [3.05, 3.63) is 25.6 Å². The number of ether oxygens (including phenoxy) is 1. The lowest BCUT2D eigenvalue weighted by Gasteiger charge is -2.48. The van der Waals surface area contributed by atoms with Gasteiger partial charge < -0.3 is 10.1 Å². The van der Waals surface area contributed by atoms with Gasteiger partial charge in [0.2, 0.25) is 5.91 Å². The summed E-state index contributed by atoms with van der Waals surface area (Å²) in [6, 6.07) is 0. The predicted octanol–water partition coefficient (Wildman–Crippen LogP) is 0.348. The van der Waals surface area contributed by atoms with Crippen LogP contribution in [0.5, 0.6) is 0 Å². The maximum Gasteiger partial charge on any atom is 0.332 e. The highest BCUT2D eigenvalue weighted by atomic mass is 79.9. The molecule has 2 aromatic rings. The van der Waals surface area contributed by atoms with E-state index in [4.69, 9.17) is 4.74 Å². The summed E-state index contributed by atoms with van der Waals surface area (Å²) in [6.45, 7) is 3.78. The molecule has 0 atom stereocenters. The first kappa shape index (κ1) is 22.2. The molecule has 1 aliphatic heterocycles. The number of aryl methyl sites for hydroxylation is 1. The number of fused-ring (bicyclic) bond motifs is 1. The normalized spacial score (nSPS) is 19.6. The van der Waals surface area contributed by atoms with Crippen molar-refractivity contribution >= 4 is 33.0 Å². The van der Waals surface area contributed by atoms with Gasteiger partial charge in [0.1, 0.15) is 6.54 Å². The Kier molecular flexibility index (Phi) is 6.36. The first-order valence-electron chi connectivity index (χ1n) is 10.8. The molecule has 0 unspecified atom stereocenters. The molecular weight excluding hydrogens is 468 g/mol. The Hall–Kier alpha value is -1.98. The van der Waals surface area contributed by atoms with Crippen LogP contribution in [-0.2, 0) is 30.2 Å². The van der Waals surface area contributed by atoms with E-state index in [2.05, 4.69) is 31.1 Å². The fraction of sp³-hybridized carbons (Fsp3) is 0.700. The number of hydrogen-bond acceptors (Lipinski definition) is 6. The minimum Gasteiger partial charge on any atom is -0.379 e. The van der Waals surface area contributed by atoms with Crippen molar-refractivity contribution in [2.45, 2.75) is 44.2 Å². The lowest BCUT2D eigenvalue weighted by Crippen LogP contribution is -2.59. The summed E-state index contributed by atoms with van der Waals surface area (Å²) >= 11 is 3.34. The van der Waals surface area contributed by atoms with Crippen molar-refractivity contribution in [2.24, 2.45) is 14.1 Å². The van der Waals surface area contributed by atoms with Crippen LogP contribution in [0.3, 0.4) is 0 Å². The summed E-state index contributed by atoms with van der Waals surface area (Å²) < 4.78 is 9.79. The van der Waals surface area contributed by atoms with Crippen molar-refractivity contribution in [3.8, 4) is 0 Å². The highest BCUT2D eigenvalue weighted by Gasteiger charge is 2.38. The SMILES string of the molecule is Cn1c(=O)c2nc(Br)n(CC(=O)NCC3(N4CCOCC4)CCCCC3)c2n(C)c1=O. The summed E-state index contributed by atoms with van der Waals surface area (Å²) in [4.78, 5) is 44.4. The predicted molar refractivity (Wildman–Crippen MR) is 119 cm³/mol. The third kappa shape index (κ3) is 4.10. The highest BCUT2D eigenvalue weighted by molar-refractivity contribution is 9.10. The van der Waals surface area contributed by atoms with Crippen molar-refractivity contribution in [2.75, 3.05) is 32.8 Å². The van der Waals surface area contributed by atoms with Gasteiger partial charge in [-0.25, -0.2) is 9.78 Å². The summed E-state index contributed by atoms with van der Waals surface area (Å²) in [5.74, 6) is -0.175. The zero-order valence-electron chi connectivity index (χ0n) is 18.0. The Morgan fingerprint density at radius 1 is 1.13 bits per heavy atom. The van der Waals surface area contributed by atoms with Gasteiger partial charge in [0.25, 0.3) is 5.56 Å². The summed E-state index contributed by atoms with van der Waals surface area (Å²) in [5, 5.41) is 3.12. The lowest BCUT2D eigenvalue weighted by molar-refractivity contribution is -0.123. The molecule has 2 aromatic heterocycles. The van der Waals surface area contributed by atoms with Crippen LogP contribution >= 0.6 is 15.9 Å². The number of aromatic nitrogens is 4. The van der Waals surface area contributed by atoms with E-state index in [0.717, 1.165) is 56.6 Å². The van der Waals surface area contributed by atoms with Crippen molar-refractivity contribution in [1.29, 1.82) is 0 Å². The average molecular weight is 497 g/mol. The summed E-state index contributed by atoms with van der Waals surface area (Å²) in [6.07, 6.45) is 5.69. The minimum atomic E-state index is -0.480. The third-order valence-corrected chi connectivity index (χ3v) is 7.28. The van der Waals surface area contributed by atoms with Gasteiger partial charge in [-0.3, -0.25) is 28.2 Å². The molecule has 1 N–H and O–H groups in total. The van der Waals surface area contributed by atoms with Gasteiger partial charge in [-0.2, -0.15) is 0 Å². The van der Waals surface area contributed by atoms with E-state index in [1.165, 1.54) is 18.0 Å². The van der Waals surface area contributed by atoms with Gasteiger partial charge in [-0.15, -0.1) is 0 Å². The number of imidazole rings is 1. The quantitative estimate of drug-likeness (QED) is 0.599. The van der Waals surface area contributed by atoms with Gasteiger partial charge >= 0.3 is 5.69 Å². The molecule has 11 heteroatoms. The molecule has 1 aliphatic carbocycles. The molecule has 170 valence electrons. The van der Waals surface area contributed by atoms with Gasteiger partial charge in [0.05, 0.1) is 13.2 Å². The molecule has 4 rings (SSSR count). The fourth-order valence-electron chi connectivity index (χ4n) is 4.92. The maximum atomic E-state index is 12.9. The summed E-state index contributed by atoms with van der Waals surface area (Å²) in [7, 11) is 2.99. The minimum absolute atomic E-state index is 0.0310. The number of nitrogens with zero attached hydrogens (tertiary/aromatic N) is 5. The van der Waals surface area contributed by atoms with E-state index in [9.17, 15) is 14.4 Å². The van der Waals surface area contributed by atoms with E-state index in [1.54, 1.807) is 11.6 Å². The second kappa shape index (κ2) is 8.87. The molecule has 3 heterocycles. The molecule has 0 aromatic carbocycles. The number of carbonyl (C=O) groups excluding carboxylic acids is 1. The molecular formula is C20H29BrN6O4.